The SMILES string of the molecule is CC.CC(C)C1CC[C@@](C)(CO)C1. The molecule has 0 aromatic heterocycles. The summed E-state index contributed by atoms with van der Waals surface area (Å²) in [7, 11) is 0. The Morgan fingerprint density at radius 1 is 1.38 bits per heavy atom. The summed E-state index contributed by atoms with van der Waals surface area (Å²) < 4.78 is 0. The van der Waals surface area contributed by atoms with E-state index in [4.69, 9.17) is 5.11 Å². The van der Waals surface area contributed by atoms with Gasteiger partial charge >= 0.3 is 0 Å². The molecular formula is C12H26O. The van der Waals surface area contributed by atoms with Crippen molar-refractivity contribution < 1.29 is 5.11 Å². The standard InChI is InChI=1S/C10H20O.C2H6/c1-8(2)9-4-5-10(3,6-9)7-11;1-2/h8-9,11H,4-7H2,1-3H3;1-2H3/t9?,10-;/m1./s1. The van der Waals surface area contributed by atoms with Gasteiger partial charge in [0.15, 0.2) is 0 Å². The molecule has 0 amide bonds. The highest BCUT2D eigenvalue weighted by atomic mass is 16.3. The Labute approximate surface area is 83.5 Å². The normalized spacial score (nSPS) is 33.0. The average Bonchev–Trinajstić information content (AvgIpc) is 2.53. The van der Waals surface area contributed by atoms with Crippen LogP contribution in [-0.4, -0.2) is 11.7 Å². The van der Waals surface area contributed by atoms with Crippen molar-refractivity contribution in [3.05, 3.63) is 0 Å². The summed E-state index contributed by atoms with van der Waals surface area (Å²) in [6, 6.07) is 0. The van der Waals surface area contributed by atoms with Gasteiger partial charge < -0.3 is 5.11 Å². The van der Waals surface area contributed by atoms with Crippen LogP contribution in [0.15, 0.2) is 0 Å². The molecule has 1 heteroatoms. The summed E-state index contributed by atoms with van der Waals surface area (Å²) in [5.74, 6) is 1.65. The molecule has 0 saturated heterocycles. The second-order valence-corrected chi connectivity index (χ2v) is 4.72. The van der Waals surface area contributed by atoms with Crippen molar-refractivity contribution in [1.29, 1.82) is 0 Å². The minimum atomic E-state index is 0.245. The van der Waals surface area contributed by atoms with Crippen molar-refractivity contribution in [3.63, 3.8) is 0 Å². The molecule has 80 valence electrons. The van der Waals surface area contributed by atoms with Crippen LogP contribution in [0.4, 0.5) is 0 Å². The molecule has 1 N–H and O–H groups in total. The Morgan fingerprint density at radius 2 is 1.92 bits per heavy atom. The molecule has 1 aliphatic rings. The van der Waals surface area contributed by atoms with Gasteiger partial charge in [0.05, 0.1) is 0 Å². The number of aliphatic hydroxyl groups excluding tert-OH is 1. The lowest BCUT2D eigenvalue weighted by Crippen LogP contribution is -2.17. The molecular weight excluding hydrogens is 160 g/mol. The van der Waals surface area contributed by atoms with Gasteiger partial charge in [-0.25, -0.2) is 0 Å². The fourth-order valence-electron chi connectivity index (χ4n) is 2.08. The second kappa shape index (κ2) is 5.64. The topological polar surface area (TPSA) is 20.2 Å². The molecule has 0 aromatic carbocycles. The van der Waals surface area contributed by atoms with Crippen LogP contribution >= 0.6 is 0 Å². The van der Waals surface area contributed by atoms with E-state index in [1.807, 2.05) is 13.8 Å². The lowest BCUT2D eigenvalue weighted by molar-refractivity contribution is 0.140. The molecule has 0 spiro atoms. The van der Waals surface area contributed by atoms with Gasteiger partial charge in [-0.3, -0.25) is 0 Å². The maximum Gasteiger partial charge on any atom is 0.0484 e. The molecule has 1 nitrogen and oxygen atoms in total. The van der Waals surface area contributed by atoms with E-state index in [9.17, 15) is 0 Å². The van der Waals surface area contributed by atoms with Crippen molar-refractivity contribution in [2.24, 2.45) is 17.3 Å². The van der Waals surface area contributed by atoms with Crippen molar-refractivity contribution in [2.45, 2.75) is 53.9 Å². The van der Waals surface area contributed by atoms with Crippen LogP contribution in [0, 0.1) is 17.3 Å². The molecule has 0 aliphatic heterocycles. The highest BCUT2D eigenvalue weighted by Gasteiger charge is 2.35. The van der Waals surface area contributed by atoms with E-state index in [0.29, 0.717) is 6.61 Å². The molecule has 0 aromatic rings. The summed E-state index contributed by atoms with van der Waals surface area (Å²) in [6.07, 6.45) is 3.75. The first-order valence-electron chi connectivity index (χ1n) is 5.68. The average molecular weight is 186 g/mol. The minimum absolute atomic E-state index is 0.245. The van der Waals surface area contributed by atoms with E-state index < -0.39 is 0 Å². The Bertz CT molecular complexity index is 131. The Morgan fingerprint density at radius 3 is 2.15 bits per heavy atom. The molecule has 0 heterocycles. The van der Waals surface area contributed by atoms with Crippen LogP contribution in [0.5, 0.6) is 0 Å². The van der Waals surface area contributed by atoms with Crippen LogP contribution in [-0.2, 0) is 0 Å². The number of aliphatic hydroxyl groups is 1. The van der Waals surface area contributed by atoms with Crippen molar-refractivity contribution >= 4 is 0 Å². The number of hydrogen-bond donors (Lipinski definition) is 1. The molecule has 1 rings (SSSR count). The lowest BCUT2D eigenvalue weighted by atomic mass is 9.86. The van der Waals surface area contributed by atoms with Crippen molar-refractivity contribution in [1.82, 2.24) is 0 Å². The molecule has 1 aliphatic carbocycles. The van der Waals surface area contributed by atoms with Gasteiger partial charge in [-0.2, -0.15) is 0 Å². The highest BCUT2D eigenvalue weighted by molar-refractivity contribution is 4.86. The van der Waals surface area contributed by atoms with E-state index in [1.165, 1.54) is 19.3 Å². The van der Waals surface area contributed by atoms with E-state index in [0.717, 1.165) is 11.8 Å². The van der Waals surface area contributed by atoms with E-state index in [1.54, 1.807) is 0 Å². The lowest BCUT2D eigenvalue weighted by Gasteiger charge is -2.21. The highest BCUT2D eigenvalue weighted by Crippen LogP contribution is 2.43. The van der Waals surface area contributed by atoms with Gasteiger partial charge in [-0.15, -0.1) is 0 Å². The fourth-order valence-corrected chi connectivity index (χ4v) is 2.08. The van der Waals surface area contributed by atoms with Crippen molar-refractivity contribution in [3.8, 4) is 0 Å². The molecule has 13 heavy (non-hydrogen) atoms. The van der Waals surface area contributed by atoms with Crippen LogP contribution in [0.25, 0.3) is 0 Å². The number of hydrogen-bond acceptors (Lipinski definition) is 1. The predicted molar refractivity (Wildman–Crippen MR) is 58.7 cm³/mol. The smallest absolute Gasteiger partial charge is 0.0484 e. The summed E-state index contributed by atoms with van der Waals surface area (Å²) in [5.41, 5.74) is 0.245. The zero-order valence-electron chi connectivity index (χ0n) is 9.93. The monoisotopic (exact) mass is 186 g/mol. The van der Waals surface area contributed by atoms with Gasteiger partial charge in [-0.1, -0.05) is 34.6 Å². The molecule has 0 radical (unpaired) electrons. The third kappa shape index (κ3) is 3.68. The molecule has 1 fully saturated rings. The quantitative estimate of drug-likeness (QED) is 0.700. The largest absolute Gasteiger partial charge is 0.396 e. The first kappa shape index (κ1) is 13.0. The summed E-state index contributed by atoms with van der Waals surface area (Å²) in [4.78, 5) is 0. The predicted octanol–water partition coefficient (Wildman–Crippen LogP) is 3.47. The van der Waals surface area contributed by atoms with Gasteiger partial charge in [0.1, 0.15) is 0 Å². The van der Waals surface area contributed by atoms with Gasteiger partial charge in [0, 0.05) is 6.61 Å². The van der Waals surface area contributed by atoms with Crippen LogP contribution in [0.2, 0.25) is 0 Å². The zero-order valence-corrected chi connectivity index (χ0v) is 9.93. The summed E-state index contributed by atoms with van der Waals surface area (Å²) in [5, 5.41) is 9.12. The summed E-state index contributed by atoms with van der Waals surface area (Å²) in [6.45, 7) is 11.1. The Balaban J connectivity index is 0.000000671. The molecule has 0 bridgehead atoms. The first-order valence-corrected chi connectivity index (χ1v) is 5.68. The minimum Gasteiger partial charge on any atom is -0.396 e. The van der Waals surface area contributed by atoms with E-state index in [2.05, 4.69) is 20.8 Å². The third-order valence-corrected chi connectivity index (χ3v) is 3.20. The van der Waals surface area contributed by atoms with Gasteiger partial charge in [0.2, 0.25) is 0 Å². The van der Waals surface area contributed by atoms with Crippen LogP contribution in [0.1, 0.15) is 53.9 Å². The van der Waals surface area contributed by atoms with Crippen LogP contribution in [0.3, 0.4) is 0 Å². The maximum absolute atomic E-state index is 9.12. The van der Waals surface area contributed by atoms with E-state index in [-0.39, 0.29) is 5.41 Å². The van der Waals surface area contributed by atoms with Gasteiger partial charge in [-0.05, 0) is 36.5 Å². The Hall–Kier alpha value is -0.0400. The molecule has 2 atom stereocenters. The fraction of sp³-hybridized carbons (Fsp3) is 1.00. The van der Waals surface area contributed by atoms with Crippen molar-refractivity contribution in [2.75, 3.05) is 6.61 Å². The maximum atomic E-state index is 9.12. The molecule has 1 saturated carbocycles. The number of rotatable bonds is 2. The van der Waals surface area contributed by atoms with Crippen LogP contribution < -0.4 is 0 Å². The molecule has 1 unspecified atom stereocenters. The second-order valence-electron chi connectivity index (χ2n) is 4.72. The third-order valence-electron chi connectivity index (χ3n) is 3.20. The Kier molecular flexibility index (Phi) is 5.62. The zero-order chi connectivity index (χ0) is 10.5. The first-order chi connectivity index (χ1) is 6.07. The van der Waals surface area contributed by atoms with E-state index >= 15 is 0 Å². The van der Waals surface area contributed by atoms with Gasteiger partial charge in [0.25, 0.3) is 0 Å². The summed E-state index contributed by atoms with van der Waals surface area (Å²) >= 11 is 0.